The van der Waals surface area contributed by atoms with Crippen LogP contribution in [-0.4, -0.2) is 30.2 Å². The summed E-state index contributed by atoms with van der Waals surface area (Å²) in [6, 6.07) is 9.11. The van der Waals surface area contributed by atoms with Gasteiger partial charge < -0.3 is 9.84 Å². The van der Waals surface area contributed by atoms with Gasteiger partial charge in [-0.05, 0) is 68.2 Å². The van der Waals surface area contributed by atoms with Crippen LogP contribution in [0.5, 0.6) is 5.75 Å². The van der Waals surface area contributed by atoms with E-state index >= 15 is 0 Å². The van der Waals surface area contributed by atoms with Crippen LogP contribution in [0.25, 0.3) is 6.08 Å². The number of hydrogen-bond acceptors (Lipinski definition) is 4. The Bertz CT molecular complexity index is 836. The minimum atomic E-state index is -0.992. The molecule has 0 saturated heterocycles. The van der Waals surface area contributed by atoms with Crippen molar-refractivity contribution < 1.29 is 19.4 Å². The highest BCUT2D eigenvalue weighted by molar-refractivity contribution is 7.98. The fourth-order valence-electron chi connectivity index (χ4n) is 2.74. The molecule has 0 heterocycles. The van der Waals surface area contributed by atoms with Crippen LogP contribution in [0.2, 0.25) is 0 Å². The van der Waals surface area contributed by atoms with Gasteiger partial charge in [-0.25, -0.2) is 4.79 Å². The van der Waals surface area contributed by atoms with Crippen LogP contribution >= 0.6 is 11.8 Å². The number of ketones is 1. The number of carboxylic acid groups (broad SMARTS) is 1. The summed E-state index contributed by atoms with van der Waals surface area (Å²) in [5.74, 6) is -0.647. The maximum Gasteiger partial charge on any atom is 0.336 e. The van der Waals surface area contributed by atoms with Crippen molar-refractivity contribution in [3.8, 4) is 5.75 Å². The summed E-state index contributed by atoms with van der Waals surface area (Å²) in [4.78, 5) is 24.8. The van der Waals surface area contributed by atoms with Crippen LogP contribution < -0.4 is 4.74 Å². The van der Waals surface area contributed by atoms with Gasteiger partial charge in [-0.1, -0.05) is 0 Å². The number of thioether (sulfide) groups is 1. The number of aromatic carboxylic acids is 1. The molecule has 1 N–H and O–H groups in total. The molecule has 2 rings (SSSR count). The lowest BCUT2D eigenvalue weighted by Crippen LogP contribution is -2.06. The zero-order chi connectivity index (χ0) is 18.6. The van der Waals surface area contributed by atoms with E-state index in [4.69, 9.17) is 4.74 Å². The van der Waals surface area contributed by atoms with Crippen LogP contribution in [0.3, 0.4) is 0 Å². The van der Waals surface area contributed by atoms with E-state index in [0.717, 1.165) is 4.90 Å². The smallest absolute Gasteiger partial charge is 0.336 e. The van der Waals surface area contributed by atoms with Gasteiger partial charge in [0.15, 0.2) is 5.78 Å². The lowest BCUT2D eigenvalue weighted by Gasteiger charge is -2.13. The third-order valence-electron chi connectivity index (χ3n) is 3.95. The van der Waals surface area contributed by atoms with E-state index in [0.29, 0.717) is 28.0 Å². The van der Waals surface area contributed by atoms with Gasteiger partial charge in [-0.2, -0.15) is 0 Å². The van der Waals surface area contributed by atoms with Gasteiger partial charge >= 0.3 is 5.97 Å². The second kappa shape index (κ2) is 8.03. The van der Waals surface area contributed by atoms with Gasteiger partial charge in [0, 0.05) is 21.6 Å². The highest BCUT2D eigenvalue weighted by atomic mass is 32.2. The van der Waals surface area contributed by atoms with Crippen LogP contribution in [0.15, 0.2) is 41.3 Å². The van der Waals surface area contributed by atoms with Gasteiger partial charge in [-0.3, -0.25) is 4.79 Å². The van der Waals surface area contributed by atoms with Crippen molar-refractivity contribution in [3.05, 3.63) is 64.2 Å². The van der Waals surface area contributed by atoms with Gasteiger partial charge in [0.1, 0.15) is 5.75 Å². The lowest BCUT2D eigenvalue weighted by molar-refractivity contribution is 0.0694. The third kappa shape index (κ3) is 4.12. The quantitative estimate of drug-likeness (QED) is 0.464. The maximum absolute atomic E-state index is 12.3. The number of hydrogen-bond donors (Lipinski definition) is 1. The van der Waals surface area contributed by atoms with E-state index in [1.165, 1.54) is 13.2 Å². The monoisotopic (exact) mass is 356 g/mol. The SMILES string of the molecule is COc1c(C=CC(=O)c2ccc(SC)cc2)cc(C)c(C(=O)O)c1C. The third-order valence-corrected chi connectivity index (χ3v) is 4.69. The molecule has 130 valence electrons. The second-order valence-corrected chi connectivity index (χ2v) is 6.43. The summed E-state index contributed by atoms with van der Waals surface area (Å²) in [5.41, 5.74) is 2.68. The molecule has 0 aliphatic rings. The van der Waals surface area contributed by atoms with Crippen LogP contribution in [0, 0.1) is 13.8 Å². The zero-order valence-electron chi connectivity index (χ0n) is 14.6. The Morgan fingerprint density at radius 3 is 2.32 bits per heavy atom. The predicted molar refractivity (Wildman–Crippen MR) is 101 cm³/mol. The highest BCUT2D eigenvalue weighted by Crippen LogP contribution is 2.30. The highest BCUT2D eigenvalue weighted by Gasteiger charge is 2.17. The molecular weight excluding hydrogens is 336 g/mol. The van der Waals surface area contributed by atoms with Crippen LogP contribution in [0.1, 0.15) is 37.4 Å². The molecule has 0 amide bonds. The molecule has 0 aliphatic heterocycles. The summed E-state index contributed by atoms with van der Waals surface area (Å²) >= 11 is 1.62. The first-order valence-corrected chi connectivity index (χ1v) is 8.89. The van der Waals surface area contributed by atoms with Gasteiger partial charge in [0.25, 0.3) is 0 Å². The standard InChI is InChI=1S/C20H20O4S/c1-12-11-15(19(24-3)13(2)18(12)20(22)23)7-10-17(21)14-5-8-16(25-4)9-6-14/h5-11H,1-4H3,(H,22,23). The van der Waals surface area contributed by atoms with E-state index in [1.54, 1.807) is 49.9 Å². The normalized spacial score (nSPS) is 10.9. The van der Waals surface area contributed by atoms with Gasteiger partial charge in [-0.15, -0.1) is 11.8 Å². The number of carboxylic acids is 1. The Morgan fingerprint density at radius 2 is 1.80 bits per heavy atom. The number of allylic oxidation sites excluding steroid dienone is 1. The number of ether oxygens (including phenoxy) is 1. The van der Waals surface area contributed by atoms with E-state index in [-0.39, 0.29) is 11.3 Å². The lowest BCUT2D eigenvalue weighted by atomic mass is 9.97. The van der Waals surface area contributed by atoms with Crippen molar-refractivity contribution >= 4 is 29.6 Å². The zero-order valence-corrected chi connectivity index (χ0v) is 15.4. The fraction of sp³-hybridized carbons (Fsp3) is 0.200. The van der Waals surface area contributed by atoms with E-state index < -0.39 is 5.97 Å². The minimum absolute atomic E-state index is 0.118. The summed E-state index contributed by atoms with van der Waals surface area (Å²) < 4.78 is 5.36. The number of rotatable bonds is 6. The van der Waals surface area contributed by atoms with Crippen molar-refractivity contribution in [2.75, 3.05) is 13.4 Å². The average Bonchev–Trinajstić information content (AvgIpc) is 2.59. The number of methoxy groups -OCH3 is 1. The molecule has 4 nitrogen and oxygen atoms in total. The summed E-state index contributed by atoms with van der Waals surface area (Å²) in [6.07, 6.45) is 5.12. The first-order valence-electron chi connectivity index (χ1n) is 7.67. The Kier molecular flexibility index (Phi) is 6.04. The molecule has 0 unspecified atom stereocenters. The van der Waals surface area contributed by atoms with Crippen LogP contribution in [0.4, 0.5) is 0 Å². The molecule has 0 spiro atoms. The molecule has 0 saturated carbocycles. The molecule has 0 fully saturated rings. The van der Waals surface area contributed by atoms with Crippen LogP contribution in [-0.2, 0) is 0 Å². The number of carbonyl (C=O) groups excluding carboxylic acids is 1. The van der Waals surface area contributed by atoms with Crippen molar-refractivity contribution in [1.82, 2.24) is 0 Å². The Balaban J connectivity index is 2.36. The van der Waals surface area contributed by atoms with Gasteiger partial charge in [0.05, 0.1) is 12.7 Å². The Labute approximate surface area is 151 Å². The molecule has 2 aromatic rings. The van der Waals surface area contributed by atoms with Gasteiger partial charge in [0.2, 0.25) is 0 Å². The first-order chi connectivity index (χ1) is 11.9. The Morgan fingerprint density at radius 1 is 1.16 bits per heavy atom. The molecule has 0 bridgehead atoms. The first kappa shape index (κ1) is 18.8. The Hall–Kier alpha value is -2.53. The number of benzene rings is 2. The molecular formula is C20H20O4S. The molecule has 0 aromatic heterocycles. The van der Waals surface area contributed by atoms with E-state index in [1.807, 2.05) is 18.4 Å². The van der Waals surface area contributed by atoms with Crippen molar-refractivity contribution in [2.45, 2.75) is 18.7 Å². The van der Waals surface area contributed by atoms with Crippen molar-refractivity contribution in [3.63, 3.8) is 0 Å². The predicted octanol–water partition coefficient (Wildman–Crippen LogP) is 4.63. The molecule has 0 aliphatic carbocycles. The van der Waals surface area contributed by atoms with E-state index in [2.05, 4.69) is 0 Å². The topological polar surface area (TPSA) is 63.6 Å². The fourth-order valence-corrected chi connectivity index (χ4v) is 3.15. The maximum atomic E-state index is 12.3. The average molecular weight is 356 g/mol. The van der Waals surface area contributed by atoms with Crippen molar-refractivity contribution in [1.29, 1.82) is 0 Å². The van der Waals surface area contributed by atoms with Crippen molar-refractivity contribution in [2.24, 2.45) is 0 Å². The van der Waals surface area contributed by atoms with E-state index in [9.17, 15) is 14.7 Å². The summed E-state index contributed by atoms with van der Waals surface area (Å²) in [5, 5.41) is 9.34. The number of aryl methyl sites for hydroxylation is 1. The number of carbonyl (C=O) groups is 2. The molecule has 2 aromatic carbocycles. The minimum Gasteiger partial charge on any atom is -0.496 e. The second-order valence-electron chi connectivity index (χ2n) is 5.55. The molecule has 25 heavy (non-hydrogen) atoms. The summed E-state index contributed by atoms with van der Waals surface area (Å²) in [7, 11) is 1.49. The molecule has 0 radical (unpaired) electrons. The molecule has 0 atom stereocenters. The summed E-state index contributed by atoms with van der Waals surface area (Å²) in [6.45, 7) is 3.44. The largest absolute Gasteiger partial charge is 0.496 e. The molecule has 5 heteroatoms.